The first-order valence-corrected chi connectivity index (χ1v) is 6.73. The number of carbonyl (C=O) groups excluding carboxylic acids is 1. The number of hydrogen-bond donors (Lipinski definition) is 2. The van der Waals surface area contributed by atoms with Crippen molar-refractivity contribution in [3.8, 4) is 0 Å². The number of nitrogens with one attached hydrogen (secondary N) is 1. The minimum absolute atomic E-state index is 0.134. The van der Waals surface area contributed by atoms with Crippen molar-refractivity contribution < 1.29 is 9.90 Å². The van der Waals surface area contributed by atoms with Crippen molar-refractivity contribution in [1.82, 2.24) is 10.2 Å². The second-order valence-electron chi connectivity index (χ2n) is 4.12. The molecule has 0 aliphatic carbocycles. The number of nitrogens with zero attached hydrogens (tertiary/aromatic N) is 1. The number of carbonyl (C=O) groups is 1. The Balaban J connectivity index is 2.53. The van der Waals surface area contributed by atoms with Crippen molar-refractivity contribution in [1.29, 1.82) is 0 Å². The maximum Gasteiger partial charge on any atom is 0.317 e. The summed E-state index contributed by atoms with van der Waals surface area (Å²) in [6, 6.07) is 1.74. The molecule has 2 amide bonds. The van der Waals surface area contributed by atoms with Gasteiger partial charge in [-0.2, -0.15) is 11.3 Å². The lowest BCUT2D eigenvalue weighted by Gasteiger charge is -2.25. The van der Waals surface area contributed by atoms with Gasteiger partial charge >= 0.3 is 6.03 Å². The molecule has 0 saturated heterocycles. The van der Waals surface area contributed by atoms with Crippen LogP contribution in [0.1, 0.15) is 26.3 Å². The Bertz CT molecular complexity index is 345. The van der Waals surface area contributed by atoms with Gasteiger partial charge in [0.15, 0.2) is 0 Å². The fourth-order valence-electron chi connectivity index (χ4n) is 1.54. The Morgan fingerprint density at radius 1 is 1.53 bits per heavy atom. The molecule has 0 fully saturated rings. The summed E-state index contributed by atoms with van der Waals surface area (Å²) in [5, 5.41) is 16.8. The van der Waals surface area contributed by atoms with E-state index in [2.05, 4.69) is 5.32 Å². The Morgan fingerprint density at radius 3 is 2.65 bits per heavy atom. The van der Waals surface area contributed by atoms with Crippen molar-refractivity contribution in [3.63, 3.8) is 0 Å². The lowest BCUT2D eigenvalue weighted by molar-refractivity contribution is 0.0581. The summed E-state index contributed by atoms with van der Waals surface area (Å²) < 4.78 is 0. The van der Waals surface area contributed by atoms with E-state index in [4.69, 9.17) is 0 Å². The number of rotatable bonds is 5. The Kier molecular flexibility index (Phi) is 4.96. The maximum atomic E-state index is 11.7. The largest absolute Gasteiger partial charge is 0.384 e. The molecule has 1 atom stereocenters. The van der Waals surface area contributed by atoms with Crippen molar-refractivity contribution in [2.45, 2.75) is 26.4 Å². The molecule has 1 rings (SSSR count). The molecule has 17 heavy (non-hydrogen) atoms. The smallest absolute Gasteiger partial charge is 0.317 e. The molecule has 0 aromatic carbocycles. The van der Waals surface area contributed by atoms with Crippen LogP contribution in [0.25, 0.3) is 0 Å². The van der Waals surface area contributed by atoms with Gasteiger partial charge in [0.2, 0.25) is 0 Å². The van der Waals surface area contributed by atoms with Crippen LogP contribution in [-0.2, 0) is 5.60 Å². The summed E-state index contributed by atoms with van der Waals surface area (Å²) in [4.78, 5) is 13.4. The third-order valence-electron chi connectivity index (χ3n) is 2.78. The van der Waals surface area contributed by atoms with Gasteiger partial charge in [-0.15, -0.1) is 0 Å². The molecule has 0 spiro atoms. The number of thiophene rings is 1. The molecule has 5 heteroatoms. The van der Waals surface area contributed by atoms with Gasteiger partial charge < -0.3 is 15.3 Å². The van der Waals surface area contributed by atoms with Crippen molar-refractivity contribution in [3.05, 3.63) is 22.4 Å². The number of aliphatic hydroxyl groups is 1. The predicted molar refractivity (Wildman–Crippen MR) is 70.2 cm³/mol. The summed E-state index contributed by atoms with van der Waals surface area (Å²) in [7, 11) is 0. The van der Waals surface area contributed by atoms with Crippen molar-refractivity contribution in [2.75, 3.05) is 19.6 Å². The minimum Gasteiger partial charge on any atom is -0.384 e. The molecule has 0 radical (unpaired) electrons. The molecule has 2 N–H and O–H groups in total. The SMILES string of the molecule is CCN(CC)C(=O)NCC(C)(O)c1ccsc1. The average molecular weight is 256 g/mol. The highest BCUT2D eigenvalue weighted by Gasteiger charge is 2.24. The zero-order valence-electron chi connectivity index (χ0n) is 10.6. The highest BCUT2D eigenvalue weighted by Crippen LogP contribution is 2.21. The van der Waals surface area contributed by atoms with E-state index in [9.17, 15) is 9.90 Å². The topological polar surface area (TPSA) is 52.6 Å². The lowest BCUT2D eigenvalue weighted by Crippen LogP contribution is -2.45. The molecule has 1 aromatic heterocycles. The van der Waals surface area contributed by atoms with E-state index in [1.807, 2.05) is 30.7 Å². The van der Waals surface area contributed by atoms with Crippen LogP contribution in [0.4, 0.5) is 4.79 Å². The van der Waals surface area contributed by atoms with E-state index in [0.717, 1.165) is 5.56 Å². The first-order chi connectivity index (χ1) is 8.01. The van der Waals surface area contributed by atoms with E-state index >= 15 is 0 Å². The van der Waals surface area contributed by atoms with Gasteiger partial charge in [-0.25, -0.2) is 4.79 Å². The van der Waals surface area contributed by atoms with Crippen LogP contribution in [0.3, 0.4) is 0 Å². The molecule has 1 unspecified atom stereocenters. The lowest BCUT2D eigenvalue weighted by atomic mass is 9.99. The summed E-state index contributed by atoms with van der Waals surface area (Å²) in [5.74, 6) is 0. The van der Waals surface area contributed by atoms with E-state index in [0.29, 0.717) is 13.1 Å². The van der Waals surface area contributed by atoms with Crippen LogP contribution in [0.15, 0.2) is 16.8 Å². The van der Waals surface area contributed by atoms with Crippen LogP contribution >= 0.6 is 11.3 Å². The molecule has 0 aliphatic heterocycles. The average Bonchev–Trinajstić information content (AvgIpc) is 2.82. The van der Waals surface area contributed by atoms with Crippen LogP contribution in [0.5, 0.6) is 0 Å². The van der Waals surface area contributed by atoms with E-state index < -0.39 is 5.60 Å². The summed E-state index contributed by atoms with van der Waals surface area (Å²) in [5.41, 5.74) is -0.176. The zero-order valence-corrected chi connectivity index (χ0v) is 11.4. The van der Waals surface area contributed by atoms with E-state index in [1.165, 1.54) is 11.3 Å². The zero-order chi connectivity index (χ0) is 12.9. The van der Waals surface area contributed by atoms with Crippen LogP contribution in [0.2, 0.25) is 0 Å². The molecule has 0 saturated carbocycles. The number of amides is 2. The minimum atomic E-state index is -1.01. The summed E-state index contributed by atoms with van der Waals surface area (Å²) in [6.45, 7) is 7.13. The highest BCUT2D eigenvalue weighted by atomic mass is 32.1. The molecule has 96 valence electrons. The molecule has 0 bridgehead atoms. The number of hydrogen-bond acceptors (Lipinski definition) is 3. The molecule has 0 aliphatic rings. The second-order valence-corrected chi connectivity index (χ2v) is 4.90. The second kappa shape index (κ2) is 6.02. The Labute approximate surface area is 106 Å². The van der Waals surface area contributed by atoms with Gasteiger partial charge in [-0.3, -0.25) is 0 Å². The maximum absolute atomic E-state index is 11.7. The van der Waals surface area contributed by atoms with Gasteiger partial charge in [-0.1, -0.05) is 0 Å². The van der Waals surface area contributed by atoms with Crippen molar-refractivity contribution in [2.24, 2.45) is 0 Å². The molecule has 1 aromatic rings. The Hall–Kier alpha value is -1.07. The molecular weight excluding hydrogens is 236 g/mol. The predicted octanol–water partition coefficient (Wildman–Crippen LogP) is 2.01. The number of urea groups is 1. The van der Waals surface area contributed by atoms with Gasteiger partial charge in [0.1, 0.15) is 5.60 Å². The first kappa shape index (κ1) is 14.0. The van der Waals surface area contributed by atoms with Gasteiger partial charge in [-0.05, 0) is 43.2 Å². The molecular formula is C12H20N2O2S. The van der Waals surface area contributed by atoms with Gasteiger partial charge in [0, 0.05) is 13.1 Å². The van der Waals surface area contributed by atoms with Crippen molar-refractivity contribution >= 4 is 17.4 Å². The van der Waals surface area contributed by atoms with E-state index in [1.54, 1.807) is 11.8 Å². The summed E-state index contributed by atoms with van der Waals surface area (Å²) in [6.07, 6.45) is 0. The Morgan fingerprint density at radius 2 is 2.18 bits per heavy atom. The van der Waals surface area contributed by atoms with Crippen LogP contribution in [-0.4, -0.2) is 35.7 Å². The molecule has 1 heterocycles. The fourth-order valence-corrected chi connectivity index (χ4v) is 2.33. The van der Waals surface area contributed by atoms with Crippen LogP contribution in [0, 0.1) is 0 Å². The van der Waals surface area contributed by atoms with Gasteiger partial charge in [0.25, 0.3) is 0 Å². The monoisotopic (exact) mass is 256 g/mol. The highest BCUT2D eigenvalue weighted by molar-refractivity contribution is 7.08. The quantitative estimate of drug-likeness (QED) is 0.846. The van der Waals surface area contributed by atoms with Gasteiger partial charge in [0.05, 0.1) is 6.54 Å². The third-order valence-corrected chi connectivity index (χ3v) is 3.46. The first-order valence-electron chi connectivity index (χ1n) is 5.79. The summed E-state index contributed by atoms with van der Waals surface area (Å²) >= 11 is 1.53. The normalized spacial score (nSPS) is 14.1. The van der Waals surface area contributed by atoms with Crippen LogP contribution < -0.4 is 5.32 Å². The fraction of sp³-hybridized carbons (Fsp3) is 0.583. The third kappa shape index (κ3) is 3.71. The molecule has 4 nitrogen and oxygen atoms in total. The van der Waals surface area contributed by atoms with E-state index in [-0.39, 0.29) is 12.6 Å². The standard InChI is InChI=1S/C12H20N2O2S/c1-4-14(5-2)11(15)13-9-12(3,16)10-6-7-17-8-10/h6-8,16H,4-5,9H2,1-3H3,(H,13,15).